The minimum atomic E-state index is -0.371. The lowest BCUT2D eigenvalue weighted by molar-refractivity contribution is -0.116. The fourth-order valence-electron chi connectivity index (χ4n) is 2.72. The van der Waals surface area contributed by atoms with Gasteiger partial charge >= 0.3 is 6.03 Å². The molecule has 0 spiro atoms. The molecule has 3 amide bonds. The summed E-state index contributed by atoms with van der Waals surface area (Å²) in [5.74, 6) is 0.619. The van der Waals surface area contributed by atoms with Gasteiger partial charge in [0, 0.05) is 37.0 Å². The quantitative estimate of drug-likeness (QED) is 0.497. The number of anilines is 3. The van der Waals surface area contributed by atoms with Crippen molar-refractivity contribution in [3.63, 3.8) is 0 Å². The Bertz CT molecular complexity index is 1040. The summed E-state index contributed by atoms with van der Waals surface area (Å²) in [6, 6.07) is 14.1. The zero-order valence-electron chi connectivity index (χ0n) is 17.6. The van der Waals surface area contributed by atoms with Crippen LogP contribution in [0.3, 0.4) is 0 Å². The third kappa shape index (κ3) is 6.38. The highest BCUT2D eigenvalue weighted by atomic mass is 16.5. The molecule has 0 saturated heterocycles. The summed E-state index contributed by atoms with van der Waals surface area (Å²) in [4.78, 5) is 28.8. The van der Waals surface area contributed by atoms with Crippen molar-refractivity contribution in [2.75, 3.05) is 23.1 Å². The number of methoxy groups -OCH3 is 1. The summed E-state index contributed by atoms with van der Waals surface area (Å²) >= 11 is 0. The Labute approximate surface area is 180 Å². The minimum Gasteiger partial charge on any atom is -0.374 e. The highest BCUT2D eigenvalue weighted by Crippen LogP contribution is 2.21. The molecule has 0 aliphatic heterocycles. The Morgan fingerprint density at radius 3 is 2.55 bits per heavy atom. The summed E-state index contributed by atoms with van der Waals surface area (Å²) in [6.07, 6.45) is 0.212. The maximum absolute atomic E-state index is 12.4. The lowest BCUT2D eigenvalue weighted by atomic mass is 10.1. The molecule has 9 heteroatoms. The van der Waals surface area contributed by atoms with Crippen LogP contribution in [0.2, 0.25) is 0 Å². The van der Waals surface area contributed by atoms with Crippen LogP contribution in [0.5, 0.6) is 0 Å². The number of nitrogens with one attached hydrogen (secondary N) is 3. The maximum atomic E-state index is 12.4. The second kappa shape index (κ2) is 10.4. The van der Waals surface area contributed by atoms with Crippen LogP contribution in [0.15, 0.2) is 53.1 Å². The van der Waals surface area contributed by atoms with Crippen LogP contribution in [0.1, 0.15) is 36.7 Å². The van der Waals surface area contributed by atoms with Gasteiger partial charge in [-0.25, -0.2) is 4.79 Å². The van der Waals surface area contributed by atoms with Crippen molar-refractivity contribution in [3.05, 3.63) is 65.8 Å². The number of amides is 3. The molecule has 3 aromatic rings. The average molecular weight is 423 g/mol. The normalized spacial score (nSPS) is 11.6. The van der Waals surface area contributed by atoms with Gasteiger partial charge in [-0.05, 0) is 43.7 Å². The molecule has 2 aromatic carbocycles. The number of hydrogen-bond acceptors (Lipinski definition) is 6. The van der Waals surface area contributed by atoms with Crippen LogP contribution in [0, 0.1) is 6.92 Å². The van der Waals surface area contributed by atoms with E-state index in [0.29, 0.717) is 35.2 Å². The number of benzene rings is 2. The molecule has 31 heavy (non-hydrogen) atoms. The molecule has 3 N–H and O–H groups in total. The lowest BCUT2D eigenvalue weighted by Crippen LogP contribution is -2.19. The predicted octanol–water partition coefficient (Wildman–Crippen LogP) is 4.30. The van der Waals surface area contributed by atoms with Crippen molar-refractivity contribution in [2.24, 2.45) is 0 Å². The molecule has 0 bridgehead atoms. The van der Waals surface area contributed by atoms with E-state index in [1.54, 1.807) is 31.4 Å². The fraction of sp³-hybridized carbons (Fsp3) is 0.273. The van der Waals surface area contributed by atoms with Gasteiger partial charge in [-0.1, -0.05) is 29.4 Å². The molecule has 162 valence electrons. The van der Waals surface area contributed by atoms with Gasteiger partial charge in [0.1, 0.15) is 6.10 Å². The standard InChI is InChI=1S/C22H25N5O4/c1-14-9-10-17(24-22(29)23-16-7-5-4-6-8-16)13-18(14)25-19(28)11-12-20-26-21(27-31-20)15(2)30-3/h4-10,13,15H,11-12H2,1-3H3,(H,25,28)(H2,23,24,29). The second-order valence-electron chi connectivity index (χ2n) is 6.95. The van der Waals surface area contributed by atoms with Crippen molar-refractivity contribution >= 4 is 29.0 Å². The second-order valence-corrected chi connectivity index (χ2v) is 6.95. The molecular weight excluding hydrogens is 398 g/mol. The molecule has 0 aliphatic rings. The molecule has 1 unspecified atom stereocenters. The number of carbonyl (C=O) groups excluding carboxylic acids is 2. The Morgan fingerprint density at radius 2 is 1.81 bits per heavy atom. The van der Waals surface area contributed by atoms with Crippen molar-refractivity contribution in [3.8, 4) is 0 Å². The number of aromatic nitrogens is 2. The molecule has 3 rings (SSSR count). The molecule has 0 fully saturated rings. The molecule has 0 saturated carbocycles. The zero-order chi connectivity index (χ0) is 22.2. The number of para-hydroxylation sites is 1. The first-order valence-corrected chi connectivity index (χ1v) is 9.83. The SMILES string of the molecule is COC(C)c1noc(CCC(=O)Nc2cc(NC(=O)Nc3ccccc3)ccc2C)n1. The third-order valence-electron chi connectivity index (χ3n) is 4.57. The van der Waals surface area contributed by atoms with Crippen LogP contribution >= 0.6 is 0 Å². The number of hydrogen-bond donors (Lipinski definition) is 3. The first-order chi connectivity index (χ1) is 14.9. The van der Waals surface area contributed by atoms with E-state index in [1.165, 1.54) is 0 Å². The first-order valence-electron chi connectivity index (χ1n) is 9.83. The van der Waals surface area contributed by atoms with Crippen molar-refractivity contribution in [2.45, 2.75) is 32.8 Å². The van der Waals surface area contributed by atoms with E-state index in [0.717, 1.165) is 5.56 Å². The van der Waals surface area contributed by atoms with Gasteiger partial charge in [-0.15, -0.1) is 0 Å². The third-order valence-corrected chi connectivity index (χ3v) is 4.57. The first kappa shape index (κ1) is 22.0. The van der Waals surface area contributed by atoms with Gasteiger partial charge in [-0.2, -0.15) is 4.98 Å². The van der Waals surface area contributed by atoms with Gasteiger partial charge in [0.05, 0.1) is 0 Å². The summed E-state index contributed by atoms with van der Waals surface area (Å²) in [6.45, 7) is 3.69. The van der Waals surface area contributed by atoms with Crippen molar-refractivity contribution in [1.82, 2.24) is 10.1 Å². The van der Waals surface area contributed by atoms with Gasteiger partial charge in [0.15, 0.2) is 5.82 Å². The number of carbonyl (C=O) groups is 2. The molecular formula is C22H25N5O4. The van der Waals surface area contributed by atoms with Crippen LogP contribution in [0.25, 0.3) is 0 Å². The summed E-state index contributed by atoms with van der Waals surface area (Å²) < 4.78 is 10.3. The molecule has 1 heterocycles. The van der Waals surface area contributed by atoms with Crippen molar-refractivity contribution < 1.29 is 18.8 Å². The van der Waals surface area contributed by atoms with Crippen LogP contribution in [-0.2, 0) is 16.0 Å². The molecule has 0 radical (unpaired) electrons. The van der Waals surface area contributed by atoms with Gasteiger partial charge in [0.2, 0.25) is 11.8 Å². The fourth-order valence-corrected chi connectivity index (χ4v) is 2.72. The topological polar surface area (TPSA) is 118 Å². The molecule has 1 aromatic heterocycles. The molecule has 9 nitrogen and oxygen atoms in total. The average Bonchev–Trinajstić information content (AvgIpc) is 3.24. The number of aryl methyl sites for hydroxylation is 2. The van der Waals surface area contributed by atoms with E-state index >= 15 is 0 Å². The Hall–Kier alpha value is -3.72. The number of rotatable bonds is 8. The highest BCUT2D eigenvalue weighted by molar-refractivity contribution is 6.00. The van der Waals surface area contributed by atoms with Crippen LogP contribution < -0.4 is 16.0 Å². The summed E-state index contributed by atoms with van der Waals surface area (Å²) in [7, 11) is 1.56. The molecule has 0 aliphatic carbocycles. The van der Waals surface area contributed by atoms with E-state index in [-0.39, 0.29) is 24.5 Å². The highest BCUT2D eigenvalue weighted by Gasteiger charge is 2.14. The number of nitrogens with zero attached hydrogens (tertiary/aromatic N) is 2. The number of urea groups is 1. The van der Waals surface area contributed by atoms with Gasteiger partial charge in [0.25, 0.3) is 0 Å². The largest absolute Gasteiger partial charge is 0.374 e. The smallest absolute Gasteiger partial charge is 0.323 e. The van der Waals surface area contributed by atoms with Crippen LogP contribution in [-0.4, -0.2) is 29.2 Å². The van der Waals surface area contributed by atoms with E-state index in [4.69, 9.17) is 9.26 Å². The summed E-state index contributed by atoms with van der Waals surface area (Å²) in [5, 5.41) is 12.2. The van der Waals surface area contributed by atoms with E-state index < -0.39 is 0 Å². The van der Waals surface area contributed by atoms with Gasteiger partial charge in [-0.3, -0.25) is 4.79 Å². The minimum absolute atomic E-state index is 0.175. The van der Waals surface area contributed by atoms with E-state index in [1.807, 2.05) is 38.1 Å². The Kier molecular flexibility index (Phi) is 7.34. The summed E-state index contributed by atoms with van der Waals surface area (Å²) in [5.41, 5.74) is 2.73. The lowest BCUT2D eigenvalue weighted by Gasteiger charge is -2.12. The van der Waals surface area contributed by atoms with E-state index in [2.05, 4.69) is 26.1 Å². The molecule has 1 atom stereocenters. The van der Waals surface area contributed by atoms with Crippen molar-refractivity contribution in [1.29, 1.82) is 0 Å². The van der Waals surface area contributed by atoms with E-state index in [9.17, 15) is 9.59 Å². The Balaban J connectivity index is 1.55. The van der Waals surface area contributed by atoms with Gasteiger partial charge < -0.3 is 25.2 Å². The van der Waals surface area contributed by atoms with Crippen LogP contribution in [0.4, 0.5) is 21.9 Å². The number of ether oxygens (including phenoxy) is 1. The zero-order valence-corrected chi connectivity index (χ0v) is 17.6. The monoisotopic (exact) mass is 423 g/mol. The Morgan fingerprint density at radius 1 is 1.06 bits per heavy atom. The predicted molar refractivity (Wildman–Crippen MR) is 117 cm³/mol. The maximum Gasteiger partial charge on any atom is 0.323 e.